The molecule has 0 radical (unpaired) electrons. The topological polar surface area (TPSA) is 54.1 Å². The lowest BCUT2D eigenvalue weighted by Crippen LogP contribution is -2.11. The normalized spacial score (nSPS) is 10.6. The summed E-state index contributed by atoms with van der Waals surface area (Å²) >= 11 is 0. The Bertz CT molecular complexity index is 804. The van der Waals surface area contributed by atoms with Gasteiger partial charge in [0.25, 0.3) is 5.91 Å². The molecule has 1 heterocycles. The number of hydrogen-bond donors (Lipinski definition) is 2. The van der Waals surface area contributed by atoms with Crippen molar-refractivity contribution in [1.82, 2.24) is 4.98 Å². The van der Waals surface area contributed by atoms with E-state index in [-0.39, 0.29) is 5.91 Å². The van der Waals surface area contributed by atoms with Crippen molar-refractivity contribution in [3.63, 3.8) is 0 Å². The van der Waals surface area contributed by atoms with Gasteiger partial charge in [-0.15, -0.1) is 0 Å². The smallest absolute Gasteiger partial charge is 0.257 e. The molecule has 4 heteroatoms. The fourth-order valence-electron chi connectivity index (χ4n) is 2.44. The average Bonchev–Trinajstić information content (AvgIpc) is 2.98. The molecule has 0 aliphatic rings. The van der Waals surface area contributed by atoms with E-state index in [0.29, 0.717) is 5.56 Å². The van der Waals surface area contributed by atoms with Crippen molar-refractivity contribution in [2.75, 3.05) is 12.4 Å². The number of ether oxygens (including phenoxy) is 1. The van der Waals surface area contributed by atoms with E-state index in [4.69, 9.17) is 4.74 Å². The van der Waals surface area contributed by atoms with Crippen molar-refractivity contribution >= 4 is 22.5 Å². The molecule has 112 valence electrons. The molecule has 22 heavy (non-hydrogen) atoms. The van der Waals surface area contributed by atoms with E-state index in [0.717, 1.165) is 28.8 Å². The van der Waals surface area contributed by atoms with E-state index in [9.17, 15) is 4.79 Å². The van der Waals surface area contributed by atoms with Gasteiger partial charge in [0.2, 0.25) is 0 Å². The van der Waals surface area contributed by atoms with Crippen LogP contribution < -0.4 is 10.1 Å². The van der Waals surface area contributed by atoms with Gasteiger partial charge in [0.1, 0.15) is 5.75 Å². The zero-order valence-electron chi connectivity index (χ0n) is 12.6. The van der Waals surface area contributed by atoms with E-state index < -0.39 is 0 Å². The van der Waals surface area contributed by atoms with Crippen LogP contribution in [0.2, 0.25) is 0 Å². The third-order valence-electron chi connectivity index (χ3n) is 3.75. The van der Waals surface area contributed by atoms with Crippen LogP contribution in [0.25, 0.3) is 10.9 Å². The maximum absolute atomic E-state index is 12.4. The molecule has 2 aromatic carbocycles. The third kappa shape index (κ3) is 2.68. The molecule has 0 spiro atoms. The highest BCUT2D eigenvalue weighted by Crippen LogP contribution is 2.24. The lowest BCUT2D eigenvalue weighted by atomic mass is 10.1. The van der Waals surface area contributed by atoms with E-state index in [2.05, 4.69) is 17.2 Å². The van der Waals surface area contributed by atoms with Crippen LogP contribution in [-0.4, -0.2) is 18.0 Å². The number of methoxy groups -OCH3 is 1. The SMILES string of the molecule is CCc1ccc(NC(=O)c2c[nH]c3cc(OC)ccc23)cc1. The Balaban J connectivity index is 1.85. The number of nitrogens with one attached hydrogen (secondary N) is 2. The number of rotatable bonds is 4. The summed E-state index contributed by atoms with van der Waals surface area (Å²) in [5.74, 6) is 0.636. The van der Waals surface area contributed by atoms with Crippen molar-refractivity contribution in [2.45, 2.75) is 13.3 Å². The number of benzene rings is 2. The summed E-state index contributed by atoms with van der Waals surface area (Å²) in [6.07, 6.45) is 2.71. The maximum atomic E-state index is 12.4. The van der Waals surface area contributed by atoms with E-state index in [1.165, 1.54) is 5.56 Å². The molecule has 0 bridgehead atoms. The minimum Gasteiger partial charge on any atom is -0.497 e. The summed E-state index contributed by atoms with van der Waals surface area (Å²) in [4.78, 5) is 15.5. The van der Waals surface area contributed by atoms with Crippen molar-refractivity contribution in [1.29, 1.82) is 0 Å². The van der Waals surface area contributed by atoms with Crippen molar-refractivity contribution < 1.29 is 9.53 Å². The highest BCUT2D eigenvalue weighted by molar-refractivity contribution is 6.12. The lowest BCUT2D eigenvalue weighted by Gasteiger charge is -2.05. The Hall–Kier alpha value is -2.75. The first-order valence-corrected chi connectivity index (χ1v) is 7.26. The molecule has 3 rings (SSSR count). The minimum atomic E-state index is -0.124. The molecule has 4 nitrogen and oxygen atoms in total. The van der Waals surface area contributed by atoms with Crippen LogP contribution in [0.3, 0.4) is 0 Å². The number of aromatic amines is 1. The quantitative estimate of drug-likeness (QED) is 0.764. The van der Waals surface area contributed by atoms with Gasteiger partial charge in [0.05, 0.1) is 12.7 Å². The van der Waals surface area contributed by atoms with Gasteiger partial charge < -0.3 is 15.0 Å². The van der Waals surface area contributed by atoms with Gasteiger partial charge in [-0.05, 0) is 36.2 Å². The maximum Gasteiger partial charge on any atom is 0.257 e. The third-order valence-corrected chi connectivity index (χ3v) is 3.75. The zero-order chi connectivity index (χ0) is 15.5. The monoisotopic (exact) mass is 294 g/mol. The van der Waals surface area contributed by atoms with Crippen LogP contribution in [0.1, 0.15) is 22.8 Å². The van der Waals surface area contributed by atoms with Crippen molar-refractivity contribution in [2.24, 2.45) is 0 Å². The predicted octanol–water partition coefficient (Wildman–Crippen LogP) is 3.99. The minimum absolute atomic E-state index is 0.124. The standard InChI is InChI=1S/C18H18N2O2/c1-3-12-4-6-13(7-5-12)20-18(21)16-11-19-17-10-14(22-2)8-9-15(16)17/h4-11,19H,3H2,1-2H3,(H,20,21). The van der Waals surface area contributed by atoms with Crippen LogP contribution in [0, 0.1) is 0 Å². The first-order chi connectivity index (χ1) is 10.7. The molecule has 0 saturated heterocycles. The number of aryl methyl sites for hydroxylation is 1. The van der Waals surface area contributed by atoms with Gasteiger partial charge in [0, 0.05) is 28.9 Å². The Labute approximate surface area is 129 Å². The van der Waals surface area contributed by atoms with Gasteiger partial charge in [0.15, 0.2) is 0 Å². The zero-order valence-corrected chi connectivity index (χ0v) is 12.6. The molecule has 1 aromatic heterocycles. The molecular formula is C18H18N2O2. The predicted molar refractivity (Wildman–Crippen MR) is 88.6 cm³/mol. The number of carbonyl (C=O) groups excluding carboxylic acids is 1. The Morgan fingerprint density at radius 3 is 2.64 bits per heavy atom. The molecule has 0 aliphatic heterocycles. The molecule has 0 unspecified atom stereocenters. The largest absolute Gasteiger partial charge is 0.497 e. The summed E-state index contributed by atoms with van der Waals surface area (Å²) in [7, 11) is 1.62. The average molecular weight is 294 g/mol. The summed E-state index contributed by atoms with van der Waals surface area (Å²) < 4.78 is 5.19. The molecule has 0 aliphatic carbocycles. The van der Waals surface area contributed by atoms with Crippen LogP contribution in [-0.2, 0) is 6.42 Å². The number of hydrogen-bond acceptors (Lipinski definition) is 2. The van der Waals surface area contributed by atoms with Crippen LogP contribution in [0.5, 0.6) is 5.75 Å². The summed E-state index contributed by atoms with van der Waals surface area (Å²) in [6.45, 7) is 2.10. The summed E-state index contributed by atoms with van der Waals surface area (Å²) in [5.41, 5.74) is 3.55. The van der Waals surface area contributed by atoms with Gasteiger partial charge in [-0.25, -0.2) is 0 Å². The van der Waals surface area contributed by atoms with Gasteiger partial charge in [-0.2, -0.15) is 0 Å². The number of amides is 1. The number of aromatic nitrogens is 1. The number of carbonyl (C=O) groups is 1. The van der Waals surface area contributed by atoms with E-state index in [1.54, 1.807) is 13.3 Å². The van der Waals surface area contributed by atoms with Crippen LogP contribution >= 0.6 is 0 Å². The van der Waals surface area contributed by atoms with Crippen molar-refractivity contribution in [3.05, 3.63) is 59.8 Å². The van der Waals surface area contributed by atoms with Crippen LogP contribution in [0.15, 0.2) is 48.7 Å². The molecular weight excluding hydrogens is 276 g/mol. The number of H-pyrrole nitrogens is 1. The lowest BCUT2D eigenvalue weighted by molar-refractivity contribution is 0.102. The Morgan fingerprint density at radius 1 is 1.18 bits per heavy atom. The Morgan fingerprint density at radius 2 is 1.95 bits per heavy atom. The molecule has 0 atom stereocenters. The first kappa shape index (κ1) is 14.2. The highest BCUT2D eigenvalue weighted by atomic mass is 16.5. The fraction of sp³-hybridized carbons (Fsp3) is 0.167. The van der Waals surface area contributed by atoms with Gasteiger partial charge in [-0.3, -0.25) is 4.79 Å². The molecule has 0 saturated carbocycles. The summed E-state index contributed by atoms with van der Waals surface area (Å²) in [6, 6.07) is 13.5. The summed E-state index contributed by atoms with van der Waals surface area (Å²) in [5, 5.41) is 3.80. The van der Waals surface area contributed by atoms with Crippen molar-refractivity contribution in [3.8, 4) is 5.75 Å². The Kier molecular flexibility index (Phi) is 3.83. The van der Waals surface area contributed by atoms with Gasteiger partial charge >= 0.3 is 0 Å². The number of anilines is 1. The highest BCUT2D eigenvalue weighted by Gasteiger charge is 2.12. The second kappa shape index (κ2) is 5.93. The second-order valence-corrected chi connectivity index (χ2v) is 5.12. The fourth-order valence-corrected chi connectivity index (χ4v) is 2.44. The second-order valence-electron chi connectivity index (χ2n) is 5.12. The molecule has 3 aromatic rings. The van der Waals surface area contributed by atoms with Crippen LogP contribution in [0.4, 0.5) is 5.69 Å². The van der Waals surface area contributed by atoms with E-state index in [1.807, 2.05) is 42.5 Å². The van der Waals surface area contributed by atoms with Gasteiger partial charge in [-0.1, -0.05) is 19.1 Å². The first-order valence-electron chi connectivity index (χ1n) is 7.26. The molecule has 1 amide bonds. The van der Waals surface area contributed by atoms with E-state index >= 15 is 0 Å². The number of fused-ring (bicyclic) bond motifs is 1. The molecule has 2 N–H and O–H groups in total. The molecule has 0 fully saturated rings.